The molecule has 0 saturated carbocycles. The number of carbonyl (C=O) groups is 3. The van der Waals surface area contributed by atoms with Crippen molar-refractivity contribution in [2.45, 2.75) is 26.1 Å². The number of likely N-dealkylation sites (tertiary alicyclic amines) is 1. The highest BCUT2D eigenvalue weighted by atomic mass is 19.4. The van der Waals surface area contributed by atoms with Crippen LogP contribution < -0.4 is 10.1 Å². The molecule has 1 fully saturated rings. The van der Waals surface area contributed by atoms with E-state index in [0.29, 0.717) is 31.5 Å². The highest BCUT2D eigenvalue weighted by Crippen LogP contribution is 2.24. The maximum atomic E-state index is 12.8. The van der Waals surface area contributed by atoms with Crippen molar-refractivity contribution < 1.29 is 32.3 Å². The van der Waals surface area contributed by atoms with Crippen LogP contribution in [-0.2, 0) is 9.59 Å². The van der Waals surface area contributed by atoms with Crippen LogP contribution in [0.15, 0.2) is 48.5 Å². The van der Waals surface area contributed by atoms with Gasteiger partial charge in [-0.25, -0.2) is 0 Å². The molecule has 34 heavy (non-hydrogen) atoms. The average Bonchev–Trinajstić information content (AvgIpc) is 2.79. The summed E-state index contributed by atoms with van der Waals surface area (Å²) in [7, 11) is 1.52. The minimum absolute atomic E-state index is 0.0524. The molecule has 3 rings (SSSR count). The van der Waals surface area contributed by atoms with E-state index in [0.717, 1.165) is 17.7 Å². The van der Waals surface area contributed by atoms with E-state index in [1.807, 2.05) is 25.1 Å². The highest BCUT2D eigenvalue weighted by Gasteiger charge is 2.31. The highest BCUT2D eigenvalue weighted by molar-refractivity contribution is 5.96. The Labute approximate surface area is 195 Å². The monoisotopic (exact) mass is 477 g/mol. The standard InChI is InChI=1S/C24H26F3N3O4/c1-16-5-3-4-6-20(16)23(33)30-13-11-17(12-14-30)22(32)29(2)15-21(31)28-18-7-9-19(10-8-18)34-24(25,26)27/h3-10,17H,11-15H2,1-2H3,(H,28,31). The van der Waals surface area contributed by atoms with E-state index >= 15 is 0 Å². The van der Waals surface area contributed by atoms with Crippen LogP contribution in [0.25, 0.3) is 0 Å². The second-order valence-electron chi connectivity index (χ2n) is 8.20. The third-order valence-electron chi connectivity index (χ3n) is 5.64. The first-order chi connectivity index (χ1) is 16.0. The second kappa shape index (κ2) is 10.6. The third-order valence-corrected chi connectivity index (χ3v) is 5.64. The number of anilines is 1. The minimum Gasteiger partial charge on any atom is -0.406 e. The average molecular weight is 477 g/mol. The molecule has 3 amide bonds. The number of benzene rings is 2. The van der Waals surface area contributed by atoms with Crippen molar-refractivity contribution in [1.82, 2.24) is 9.80 Å². The quantitative estimate of drug-likeness (QED) is 0.686. The molecule has 7 nitrogen and oxygen atoms in total. The van der Waals surface area contributed by atoms with Gasteiger partial charge in [-0.3, -0.25) is 14.4 Å². The topological polar surface area (TPSA) is 79.0 Å². The number of alkyl halides is 3. The van der Waals surface area contributed by atoms with E-state index < -0.39 is 18.0 Å². The Kier molecular flexibility index (Phi) is 7.80. The van der Waals surface area contributed by atoms with Crippen LogP contribution in [0.5, 0.6) is 5.75 Å². The lowest BCUT2D eigenvalue weighted by Gasteiger charge is -2.33. The van der Waals surface area contributed by atoms with Crippen LogP contribution in [-0.4, -0.2) is 60.6 Å². The zero-order chi connectivity index (χ0) is 24.9. The van der Waals surface area contributed by atoms with Gasteiger partial charge in [-0.05, 0) is 55.7 Å². The molecule has 0 bridgehead atoms. The van der Waals surface area contributed by atoms with Gasteiger partial charge in [-0.1, -0.05) is 18.2 Å². The number of likely N-dealkylation sites (N-methyl/N-ethyl adjacent to an activating group) is 1. The fourth-order valence-electron chi connectivity index (χ4n) is 3.86. The Morgan fingerprint density at radius 2 is 1.68 bits per heavy atom. The van der Waals surface area contributed by atoms with Gasteiger partial charge in [0, 0.05) is 37.3 Å². The van der Waals surface area contributed by atoms with Gasteiger partial charge in [0.1, 0.15) is 5.75 Å². The van der Waals surface area contributed by atoms with Crippen molar-refractivity contribution in [3.05, 3.63) is 59.7 Å². The van der Waals surface area contributed by atoms with E-state index in [4.69, 9.17) is 0 Å². The van der Waals surface area contributed by atoms with Gasteiger partial charge < -0.3 is 19.9 Å². The number of hydrogen-bond donors (Lipinski definition) is 1. The molecule has 2 aromatic carbocycles. The zero-order valence-electron chi connectivity index (χ0n) is 18.9. The van der Waals surface area contributed by atoms with E-state index in [9.17, 15) is 27.6 Å². The smallest absolute Gasteiger partial charge is 0.406 e. The number of nitrogens with zero attached hydrogens (tertiary/aromatic N) is 2. The van der Waals surface area contributed by atoms with Crippen LogP contribution in [0.1, 0.15) is 28.8 Å². The number of nitrogens with one attached hydrogen (secondary N) is 1. The summed E-state index contributed by atoms with van der Waals surface area (Å²) in [6.07, 6.45) is -3.79. The summed E-state index contributed by atoms with van der Waals surface area (Å²) in [5.41, 5.74) is 1.83. The molecule has 0 unspecified atom stereocenters. The molecular weight excluding hydrogens is 451 g/mol. The molecule has 0 spiro atoms. The molecule has 1 aliphatic rings. The lowest BCUT2D eigenvalue weighted by atomic mass is 9.94. The Morgan fingerprint density at radius 1 is 1.06 bits per heavy atom. The lowest BCUT2D eigenvalue weighted by Crippen LogP contribution is -2.45. The van der Waals surface area contributed by atoms with Crippen LogP contribution in [0.2, 0.25) is 0 Å². The SMILES string of the molecule is Cc1ccccc1C(=O)N1CCC(C(=O)N(C)CC(=O)Nc2ccc(OC(F)(F)F)cc2)CC1. The summed E-state index contributed by atoms with van der Waals surface area (Å²) < 4.78 is 40.5. The van der Waals surface area contributed by atoms with E-state index in [-0.39, 0.29) is 30.0 Å². The van der Waals surface area contributed by atoms with Crippen molar-refractivity contribution in [2.24, 2.45) is 5.92 Å². The summed E-state index contributed by atoms with van der Waals surface area (Å²) >= 11 is 0. The molecular formula is C24H26F3N3O4. The maximum absolute atomic E-state index is 12.8. The fourth-order valence-corrected chi connectivity index (χ4v) is 3.86. The molecule has 0 atom stereocenters. The normalized spacial score (nSPS) is 14.4. The number of hydrogen-bond acceptors (Lipinski definition) is 4. The number of aryl methyl sites for hydroxylation is 1. The van der Waals surface area contributed by atoms with E-state index in [1.54, 1.807) is 11.0 Å². The van der Waals surface area contributed by atoms with Gasteiger partial charge in [-0.15, -0.1) is 13.2 Å². The molecule has 0 aliphatic carbocycles. The van der Waals surface area contributed by atoms with Gasteiger partial charge in [-0.2, -0.15) is 0 Å². The first kappa shape index (κ1) is 25.1. The number of rotatable bonds is 6. The summed E-state index contributed by atoms with van der Waals surface area (Å²) in [5.74, 6) is -1.41. The van der Waals surface area contributed by atoms with Gasteiger partial charge in [0.15, 0.2) is 0 Å². The summed E-state index contributed by atoms with van der Waals surface area (Å²) in [6, 6.07) is 12.1. The van der Waals surface area contributed by atoms with Crippen molar-refractivity contribution in [3.8, 4) is 5.75 Å². The van der Waals surface area contributed by atoms with Crippen molar-refractivity contribution in [2.75, 3.05) is 32.0 Å². The fraction of sp³-hybridized carbons (Fsp3) is 0.375. The maximum Gasteiger partial charge on any atom is 0.573 e. The molecule has 1 N–H and O–H groups in total. The van der Waals surface area contributed by atoms with Crippen molar-refractivity contribution in [1.29, 1.82) is 0 Å². The van der Waals surface area contributed by atoms with Gasteiger partial charge in [0.25, 0.3) is 5.91 Å². The predicted octanol–water partition coefficient (Wildman–Crippen LogP) is 3.84. The van der Waals surface area contributed by atoms with E-state index in [2.05, 4.69) is 10.1 Å². The Bertz CT molecular complexity index is 1030. The molecule has 2 aromatic rings. The number of ether oxygens (including phenoxy) is 1. The molecule has 182 valence electrons. The summed E-state index contributed by atoms with van der Waals surface area (Å²) in [6.45, 7) is 2.59. The van der Waals surface area contributed by atoms with Crippen LogP contribution in [0, 0.1) is 12.8 Å². The number of carbonyl (C=O) groups excluding carboxylic acids is 3. The minimum atomic E-state index is -4.79. The van der Waals surface area contributed by atoms with Crippen LogP contribution in [0.4, 0.5) is 18.9 Å². The number of amides is 3. The number of halogens is 3. The van der Waals surface area contributed by atoms with Gasteiger partial charge in [0.2, 0.25) is 11.8 Å². The van der Waals surface area contributed by atoms with Crippen molar-refractivity contribution >= 4 is 23.4 Å². The summed E-state index contributed by atoms with van der Waals surface area (Å²) in [4.78, 5) is 40.9. The molecule has 1 heterocycles. The van der Waals surface area contributed by atoms with Crippen LogP contribution >= 0.6 is 0 Å². The molecule has 0 aromatic heterocycles. The van der Waals surface area contributed by atoms with E-state index in [1.165, 1.54) is 24.1 Å². The Balaban J connectivity index is 1.47. The lowest BCUT2D eigenvalue weighted by molar-refractivity contribution is -0.274. The molecule has 10 heteroatoms. The Hall–Kier alpha value is -3.56. The number of piperidine rings is 1. The third kappa shape index (κ3) is 6.72. The second-order valence-corrected chi connectivity index (χ2v) is 8.20. The van der Waals surface area contributed by atoms with Gasteiger partial charge in [0.05, 0.1) is 6.54 Å². The first-order valence-electron chi connectivity index (χ1n) is 10.8. The Morgan fingerprint density at radius 3 is 2.26 bits per heavy atom. The van der Waals surface area contributed by atoms with Gasteiger partial charge >= 0.3 is 6.36 Å². The van der Waals surface area contributed by atoms with Crippen molar-refractivity contribution in [3.63, 3.8) is 0 Å². The largest absolute Gasteiger partial charge is 0.573 e. The van der Waals surface area contributed by atoms with Crippen LogP contribution in [0.3, 0.4) is 0 Å². The summed E-state index contributed by atoms with van der Waals surface area (Å²) in [5, 5.41) is 2.54. The molecule has 0 radical (unpaired) electrons. The molecule has 1 aliphatic heterocycles. The zero-order valence-corrected chi connectivity index (χ0v) is 18.9. The predicted molar refractivity (Wildman–Crippen MR) is 119 cm³/mol. The molecule has 1 saturated heterocycles. The first-order valence-corrected chi connectivity index (χ1v) is 10.8.